The molecule has 1 aliphatic carbocycles. The van der Waals surface area contributed by atoms with E-state index in [0.29, 0.717) is 5.25 Å². The van der Waals surface area contributed by atoms with Crippen LogP contribution in [-0.4, -0.2) is 35.8 Å². The summed E-state index contributed by atoms with van der Waals surface area (Å²) in [4.78, 5) is 0. The van der Waals surface area contributed by atoms with E-state index in [4.69, 9.17) is 4.74 Å². The number of thioether (sulfide) groups is 1. The lowest BCUT2D eigenvalue weighted by molar-refractivity contribution is 0.0999. The molecule has 1 aliphatic heterocycles. The number of ether oxygens (including phenoxy) is 1. The predicted molar refractivity (Wildman–Crippen MR) is 71.1 cm³/mol. The van der Waals surface area contributed by atoms with Crippen molar-refractivity contribution in [2.75, 3.05) is 19.8 Å². The highest BCUT2D eigenvalue weighted by Gasteiger charge is 2.39. The van der Waals surface area contributed by atoms with E-state index in [9.17, 15) is 5.26 Å². The molecule has 0 bridgehead atoms. The molecular weight excluding hydrogens is 232 g/mol. The maximum Gasteiger partial charge on any atom is 0.107 e. The molecule has 1 heterocycles. The van der Waals surface area contributed by atoms with Crippen LogP contribution in [0, 0.1) is 11.3 Å². The van der Waals surface area contributed by atoms with Gasteiger partial charge in [0.25, 0.3) is 0 Å². The molecule has 0 aromatic carbocycles. The van der Waals surface area contributed by atoms with Crippen LogP contribution < -0.4 is 5.32 Å². The molecular formula is C13H22N2OS. The maximum absolute atomic E-state index is 9.33. The Balaban J connectivity index is 1.82. The maximum atomic E-state index is 9.33. The molecule has 1 N–H and O–H groups in total. The van der Waals surface area contributed by atoms with Gasteiger partial charge in [-0.25, -0.2) is 0 Å². The second-order valence-electron chi connectivity index (χ2n) is 5.04. The third-order valence-corrected chi connectivity index (χ3v) is 5.40. The lowest BCUT2D eigenvalue weighted by Gasteiger charge is -2.25. The lowest BCUT2D eigenvalue weighted by Crippen LogP contribution is -2.41. The topological polar surface area (TPSA) is 45.0 Å². The Bertz CT molecular complexity index is 286. The Hall–Kier alpha value is -0.240. The van der Waals surface area contributed by atoms with Gasteiger partial charge in [0, 0.05) is 23.7 Å². The summed E-state index contributed by atoms with van der Waals surface area (Å²) in [5, 5.41) is 14.1. The van der Waals surface area contributed by atoms with Crippen LogP contribution in [0.2, 0.25) is 0 Å². The van der Waals surface area contributed by atoms with Gasteiger partial charge in [0.2, 0.25) is 0 Å². The van der Waals surface area contributed by atoms with Gasteiger partial charge < -0.3 is 4.74 Å². The zero-order valence-corrected chi connectivity index (χ0v) is 11.4. The first-order chi connectivity index (χ1) is 8.28. The van der Waals surface area contributed by atoms with E-state index in [1.165, 1.54) is 19.3 Å². The predicted octanol–water partition coefficient (Wildman–Crippen LogP) is 2.32. The quantitative estimate of drug-likeness (QED) is 0.836. The number of hydrogen-bond acceptors (Lipinski definition) is 4. The molecule has 0 radical (unpaired) electrons. The van der Waals surface area contributed by atoms with Gasteiger partial charge in [0.05, 0.1) is 6.07 Å². The van der Waals surface area contributed by atoms with Crippen molar-refractivity contribution < 1.29 is 4.74 Å². The summed E-state index contributed by atoms with van der Waals surface area (Å²) in [6.45, 7) is 4.81. The summed E-state index contributed by atoms with van der Waals surface area (Å²) in [5.41, 5.74) is -0.239. The minimum absolute atomic E-state index is 0.239. The van der Waals surface area contributed by atoms with Gasteiger partial charge in [-0.1, -0.05) is 6.92 Å². The van der Waals surface area contributed by atoms with Crippen LogP contribution in [0.15, 0.2) is 0 Å². The Morgan fingerprint density at radius 3 is 2.76 bits per heavy atom. The van der Waals surface area contributed by atoms with Crippen molar-refractivity contribution in [3.05, 3.63) is 0 Å². The zero-order valence-electron chi connectivity index (χ0n) is 10.6. The van der Waals surface area contributed by atoms with Crippen LogP contribution in [0.25, 0.3) is 0 Å². The van der Waals surface area contributed by atoms with Crippen molar-refractivity contribution in [3.8, 4) is 6.07 Å². The Labute approximate surface area is 108 Å². The average molecular weight is 254 g/mol. The molecule has 2 rings (SSSR count). The summed E-state index contributed by atoms with van der Waals surface area (Å²) in [7, 11) is 0. The fourth-order valence-corrected chi connectivity index (χ4v) is 4.48. The van der Waals surface area contributed by atoms with E-state index >= 15 is 0 Å². The molecule has 0 aromatic rings. The fourth-order valence-electron chi connectivity index (χ4n) is 2.84. The van der Waals surface area contributed by atoms with Crippen LogP contribution in [0.5, 0.6) is 0 Å². The molecule has 3 nitrogen and oxygen atoms in total. The van der Waals surface area contributed by atoms with Crippen molar-refractivity contribution in [3.63, 3.8) is 0 Å². The molecule has 17 heavy (non-hydrogen) atoms. The van der Waals surface area contributed by atoms with Crippen molar-refractivity contribution in [1.82, 2.24) is 5.32 Å². The molecule has 0 amide bonds. The van der Waals surface area contributed by atoms with Crippen molar-refractivity contribution >= 4 is 11.8 Å². The highest BCUT2D eigenvalue weighted by atomic mass is 32.2. The van der Waals surface area contributed by atoms with Gasteiger partial charge in [-0.15, -0.1) is 0 Å². The SMILES string of the molecule is CCNC1(C#N)CCC(SC2CCOCC2)C1. The van der Waals surface area contributed by atoms with Crippen molar-refractivity contribution in [1.29, 1.82) is 5.26 Å². The largest absolute Gasteiger partial charge is 0.381 e. The molecule has 0 spiro atoms. The first-order valence-electron chi connectivity index (χ1n) is 6.67. The molecule has 2 aliphatic rings. The second-order valence-corrected chi connectivity index (χ2v) is 6.64. The summed E-state index contributed by atoms with van der Waals surface area (Å²) < 4.78 is 5.39. The van der Waals surface area contributed by atoms with Crippen LogP contribution >= 0.6 is 11.8 Å². The zero-order chi connectivity index (χ0) is 12.1. The van der Waals surface area contributed by atoms with E-state index in [1.54, 1.807) is 0 Å². The standard InChI is InChI=1S/C13H22N2OS/c1-2-15-13(10-14)6-3-12(9-13)17-11-4-7-16-8-5-11/h11-12,15H,2-9H2,1H3. The van der Waals surface area contributed by atoms with Gasteiger partial charge >= 0.3 is 0 Å². The van der Waals surface area contributed by atoms with Crippen molar-refractivity contribution in [2.24, 2.45) is 0 Å². The minimum Gasteiger partial charge on any atom is -0.381 e. The van der Waals surface area contributed by atoms with Crippen molar-refractivity contribution in [2.45, 2.75) is 55.1 Å². The Morgan fingerprint density at radius 2 is 2.12 bits per heavy atom. The molecule has 2 unspecified atom stereocenters. The lowest BCUT2D eigenvalue weighted by atomic mass is 10.0. The summed E-state index contributed by atoms with van der Waals surface area (Å²) in [6.07, 6.45) is 5.57. The van der Waals surface area contributed by atoms with E-state index < -0.39 is 0 Å². The Morgan fingerprint density at radius 1 is 1.35 bits per heavy atom. The number of nitriles is 1. The third-order valence-electron chi connectivity index (χ3n) is 3.75. The van der Waals surface area contributed by atoms with Gasteiger partial charge in [0.15, 0.2) is 0 Å². The number of hydrogen-bond donors (Lipinski definition) is 1. The first-order valence-corrected chi connectivity index (χ1v) is 7.62. The minimum atomic E-state index is -0.239. The number of nitrogens with one attached hydrogen (secondary N) is 1. The molecule has 0 aromatic heterocycles. The molecule has 2 fully saturated rings. The van der Waals surface area contributed by atoms with Crippen LogP contribution in [0.3, 0.4) is 0 Å². The smallest absolute Gasteiger partial charge is 0.107 e. The monoisotopic (exact) mass is 254 g/mol. The van der Waals surface area contributed by atoms with Gasteiger partial charge in [-0.05, 0) is 38.6 Å². The highest BCUT2D eigenvalue weighted by molar-refractivity contribution is 8.00. The van der Waals surface area contributed by atoms with Crippen LogP contribution in [-0.2, 0) is 4.74 Å². The first kappa shape index (κ1) is 13.2. The van der Waals surface area contributed by atoms with E-state index in [2.05, 4.69) is 30.1 Å². The summed E-state index contributed by atoms with van der Waals surface area (Å²) >= 11 is 2.10. The van der Waals surface area contributed by atoms with Gasteiger partial charge in [-0.3, -0.25) is 5.32 Å². The summed E-state index contributed by atoms with van der Waals surface area (Å²) in [6, 6.07) is 2.50. The van der Waals surface area contributed by atoms with Crippen LogP contribution in [0.1, 0.15) is 39.0 Å². The normalized spacial score (nSPS) is 34.7. The molecule has 1 saturated heterocycles. The molecule has 96 valence electrons. The third kappa shape index (κ3) is 3.37. The van der Waals surface area contributed by atoms with Gasteiger partial charge in [-0.2, -0.15) is 17.0 Å². The van der Waals surface area contributed by atoms with Crippen LogP contribution in [0.4, 0.5) is 0 Å². The Kier molecular flexibility index (Phi) is 4.72. The average Bonchev–Trinajstić information content (AvgIpc) is 2.75. The molecule has 4 heteroatoms. The van der Waals surface area contributed by atoms with E-state index in [-0.39, 0.29) is 5.54 Å². The van der Waals surface area contributed by atoms with E-state index in [1.807, 2.05) is 0 Å². The van der Waals surface area contributed by atoms with Gasteiger partial charge in [0.1, 0.15) is 5.54 Å². The van der Waals surface area contributed by atoms with E-state index in [0.717, 1.165) is 37.9 Å². The second kappa shape index (κ2) is 6.08. The fraction of sp³-hybridized carbons (Fsp3) is 0.923. The number of nitrogens with zero attached hydrogens (tertiary/aromatic N) is 1. The molecule has 1 saturated carbocycles. The highest BCUT2D eigenvalue weighted by Crippen LogP contribution is 2.40. The summed E-state index contributed by atoms with van der Waals surface area (Å²) in [5.74, 6) is 0. The number of rotatable bonds is 4. The molecule has 2 atom stereocenters.